The third-order valence-electron chi connectivity index (χ3n) is 2.62. The van der Waals surface area contributed by atoms with Crippen molar-refractivity contribution in [3.63, 3.8) is 0 Å². The average Bonchev–Trinajstić information content (AvgIpc) is 2.12. The fraction of sp³-hybridized carbons (Fsp3) is 0.571. The smallest absolute Gasteiger partial charge is 0.121 e. The number of hydrogen-bond donors (Lipinski definition) is 2. The molecule has 0 radical (unpaired) electrons. The standard InChI is InChI=1S/C14H23NO/c1-10-8-12(9-11(2)13(10)16)6-7-15-14(3,4)5/h8-9,15-16H,6-7H2,1-5H3. The van der Waals surface area contributed by atoms with Crippen LogP contribution in [0.4, 0.5) is 0 Å². The maximum atomic E-state index is 9.67. The average molecular weight is 221 g/mol. The number of aryl methyl sites for hydroxylation is 2. The quantitative estimate of drug-likeness (QED) is 0.822. The van der Waals surface area contributed by atoms with Crippen LogP contribution in [0.3, 0.4) is 0 Å². The largest absolute Gasteiger partial charge is 0.507 e. The Morgan fingerprint density at radius 1 is 1.12 bits per heavy atom. The van der Waals surface area contributed by atoms with Crippen molar-refractivity contribution in [2.75, 3.05) is 6.54 Å². The molecule has 0 fully saturated rings. The first-order chi connectivity index (χ1) is 7.29. The van der Waals surface area contributed by atoms with Crippen molar-refractivity contribution in [2.45, 2.75) is 46.6 Å². The van der Waals surface area contributed by atoms with E-state index in [1.165, 1.54) is 5.56 Å². The molecule has 1 rings (SSSR count). The maximum Gasteiger partial charge on any atom is 0.121 e. The highest BCUT2D eigenvalue weighted by Gasteiger charge is 2.08. The number of benzene rings is 1. The number of nitrogens with one attached hydrogen (secondary N) is 1. The van der Waals surface area contributed by atoms with E-state index in [1.807, 2.05) is 13.8 Å². The van der Waals surface area contributed by atoms with Crippen LogP contribution >= 0.6 is 0 Å². The van der Waals surface area contributed by atoms with Crippen molar-refractivity contribution in [3.05, 3.63) is 28.8 Å². The van der Waals surface area contributed by atoms with Gasteiger partial charge in [0, 0.05) is 5.54 Å². The zero-order valence-electron chi connectivity index (χ0n) is 11.0. The summed E-state index contributed by atoms with van der Waals surface area (Å²) in [5.41, 5.74) is 3.38. The predicted molar refractivity (Wildman–Crippen MR) is 69.0 cm³/mol. The van der Waals surface area contributed by atoms with Crippen LogP contribution in [0.1, 0.15) is 37.5 Å². The molecule has 0 saturated heterocycles. The number of aromatic hydroxyl groups is 1. The van der Waals surface area contributed by atoms with Crippen molar-refractivity contribution in [2.24, 2.45) is 0 Å². The fourth-order valence-corrected chi connectivity index (χ4v) is 1.77. The second-order valence-electron chi connectivity index (χ2n) is 5.50. The molecule has 90 valence electrons. The third-order valence-corrected chi connectivity index (χ3v) is 2.62. The van der Waals surface area contributed by atoms with Crippen molar-refractivity contribution in [1.82, 2.24) is 5.32 Å². The molecule has 2 nitrogen and oxygen atoms in total. The predicted octanol–water partition coefficient (Wildman–Crippen LogP) is 2.94. The Hall–Kier alpha value is -1.02. The van der Waals surface area contributed by atoms with Gasteiger partial charge >= 0.3 is 0 Å². The summed E-state index contributed by atoms with van der Waals surface area (Å²) >= 11 is 0. The molecule has 1 aromatic rings. The number of hydrogen-bond acceptors (Lipinski definition) is 2. The molecule has 1 aromatic carbocycles. The number of phenols is 1. The van der Waals surface area contributed by atoms with Crippen LogP contribution in [0.15, 0.2) is 12.1 Å². The van der Waals surface area contributed by atoms with Gasteiger partial charge in [0.05, 0.1) is 0 Å². The molecular weight excluding hydrogens is 198 g/mol. The van der Waals surface area contributed by atoms with Crippen LogP contribution in [0.25, 0.3) is 0 Å². The second-order valence-corrected chi connectivity index (χ2v) is 5.50. The first-order valence-corrected chi connectivity index (χ1v) is 5.84. The lowest BCUT2D eigenvalue weighted by Gasteiger charge is -2.20. The number of rotatable bonds is 3. The highest BCUT2D eigenvalue weighted by molar-refractivity contribution is 5.42. The highest BCUT2D eigenvalue weighted by atomic mass is 16.3. The Bertz CT molecular complexity index is 340. The molecule has 0 spiro atoms. The molecule has 2 heteroatoms. The summed E-state index contributed by atoms with van der Waals surface area (Å²) in [5.74, 6) is 0.424. The van der Waals surface area contributed by atoms with Gasteiger partial charge in [0.15, 0.2) is 0 Å². The summed E-state index contributed by atoms with van der Waals surface area (Å²) in [5, 5.41) is 13.1. The van der Waals surface area contributed by atoms with E-state index >= 15 is 0 Å². The van der Waals surface area contributed by atoms with Gasteiger partial charge in [0.1, 0.15) is 5.75 Å². The zero-order valence-corrected chi connectivity index (χ0v) is 11.0. The van der Waals surface area contributed by atoms with Crippen LogP contribution < -0.4 is 5.32 Å². The topological polar surface area (TPSA) is 32.3 Å². The van der Waals surface area contributed by atoms with Crippen LogP contribution in [0, 0.1) is 13.8 Å². The van der Waals surface area contributed by atoms with Gasteiger partial charge in [0.25, 0.3) is 0 Å². The van der Waals surface area contributed by atoms with Crippen molar-refractivity contribution >= 4 is 0 Å². The van der Waals surface area contributed by atoms with E-state index < -0.39 is 0 Å². The Balaban J connectivity index is 2.62. The van der Waals surface area contributed by atoms with E-state index in [9.17, 15) is 5.11 Å². The molecule has 2 N–H and O–H groups in total. The van der Waals surface area contributed by atoms with Crippen molar-refractivity contribution in [1.29, 1.82) is 0 Å². The molecule has 0 atom stereocenters. The SMILES string of the molecule is Cc1cc(CCNC(C)(C)C)cc(C)c1O. The normalized spacial score (nSPS) is 11.8. The monoisotopic (exact) mass is 221 g/mol. The molecular formula is C14H23NO. The molecule has 0 unspecified atom stereocenters. The Kier molecular flexibility index (Phi) is 3.98. The van der Waals surface area contributed by atoms with Crippen LogP contribution in [-0.4, -0.2) is 17.2 Å². The van der Waals surface area contributed by atoms with Crippen LogP contribution in [-0.2, 0) is 6.42 Å². The minimum absolute atomic E-state index is 0.168. The summed E-state index contributed by atoms with van der Waals surface area (Å²) < 4.78 is 0. The fourth-order valence-electron chi connectivity index (χ4n) is 1.77. The first kappa shape index (κ1) is 13.0. The zero-order chi connectivity index (χ0) is 12.3. The van der Waals surface area contributed by atoms with E-state index in [-0.39, 0.29) is 5.54 Å². The Morgan fingerprint density at radius 2 is 1.62 bits per heavy atom. The lowest BCUT2D eigenvalue weighted by Crippen LogP contribution is -2.37. The lowest BCUT2D eigenvalue weighted by molar-refractivity contribution is 0.429. The van der Waals surface area contributed by atoms with Gasteiger partial charge in [-0.05, 0) is 64.3 Å². The summed E-state index contributed by atoms with van der Waals surface area (Å²) in [4.78, 5) is 0. The van der Waals surface area contributed by atoms with Crippen LogP contribution in [0.2, 0.25) is 0 Å². The molecule has 0 bridgehead atoms. The van der Waals surface area contributed by atoms with E-state index in [2.05, 4.69) is 38.2 Å². The highest BCUT2D eigenvalue weighted by Crippen LogP contribution is 2.22. The molecule has 0 aliphatic heterocycles. The van der Waals surface area contributed by atoms with Gasteiger partial charge in [0.2, 0.25) is 0 Å². The molecule has 0 aliphatic rings. The summed E-state index contributed by atoms with van der Waals surface area (Å²) in [6, 6.07) is 4.12. The van der Waals surface area contributed by atoms with E-state index in [0.29, 0.717) is 5.75 Å². The minimum Gasteiger partial charge on any atom is -0.507 e. The van der Waals surface area contributed by atoms with Crippen molar-refractivity contribution < 1.29 is 5.11 Å². The van der Waals surface area contributed by atoms with E-state index in [1.54, 1.807) is 0 Å². The van der Waals surface area contributed by atoms with Gasteiger partial charge in [-0.15, -0.1) is 0 Å². The van der Waals surface area contributed by atoms with E-state index in [0.717, 1.165) is 24.1 Å². The second kappa shape index (κ2) is 4.88. The molecule has 0 aromatic heterocycles. The third kappa shape index (κ3) is 3.86. The van der Waals surface area contributed by atoms with Crippen LogP contribution in [0.5, 0.6) is 5.75 Å². The summed E-state index contributed by atoms with van der Waals surface area (Å²) in [6.45, 7) is 11.4. The van der Waals surface area contributed by atoms with Gasteiger partial charge in [-0.2, -0.15) is 0 Å². The summed E-state index contributed by atoms with van der Waals surface area (Å²) in [6.07, 6.45) is 0.999. The van der Waals surface area contributed by atoms with Gasteiger partial charge in [-0.25, -0.2) is 0 Å². The Morgan fingerprint density at radius 3 is 2.06 bits per heavy atom. The Labute approximate surface area is 98.7 Å². The minimum atomic E-state index is 0.168. The molecule has 0 amide bonds. The number of phenolic OH excluding ortho intramolecular Hbond substituents is 1. The first-order valence-electron chi connectivity index (χ1n) is 5.84. The maximum absolute atomic E-state index is 9.67. The van der Waals surface area contributed by atoms with Crippen molar-refractivity contribution in [3.8, 4) is 5.75 Å². The molecule has 16 heavy (non-hydrogen) atoms. The van der Waals surface area contributed by atoms with E-state index in [4.69, 9.17) is 0 Å². The van der Waals surface area contributed by atoms with Gasteiger partial charge < -0.3 is 10.4 Å². The van der Waals surface area contributed by atoms with Gasteiger partial charge in [-0.3, -0.25) is 0 Å². The molecule has 0 saturated carbocycles. The van der Waals surface area contributed by atoms with Gasteiger partial charge in [-0.1, -0.05) is 12.1 Å². The molecule has 0 aliphatic carbocycles. The summed E-state index contributed by atoms with van der Waals surface area (Å²) in [7, 11) is 0. The molecule has 0 heterocycles. The lowest BCUT2D eigenvalue weighted by atomic mass is 10.0.